The van der Waals surface area contributed by atoms with Gasteiger partial charge in [-0.2, -0.15) is 0 Å². The van der Waals surface area contributed by atoms with Gasteiger partial charge in [-0.25, -0.2) is 4.98 Å². The molecule has 0 saturated carbocycles. The van der Waals surface area contributed by atoms with Crippen LogP contribution < -0.4 is 10.1 Å². The molecule has 32 heavy (non-hydrogen) atoms. The lowest BCUT2D eigenvalue weighted by Gasteiger charge is -2.27. The Kier molecular flexibility index (Phi) is 5.77. The zero-order chi connectivity index (χ0) is 22.1. The smallest absolute Gasteiger partial charge is 0.262 e. The number of ether oxygens (including phenoxy) is 2. The molecule has 2 amide bonds. The van der Waals surface area contributed by atoms with Crippen LogP contribution in [0.15, 0.2) is 41.8 Å². The molecule has 1 fully saturated rings. The maximum atomic E-state index is 12.9. The summed E-state index contributed by atoms with van der Waals surface area (Å²) in [5.74, 6) is 0.220. The Morgan fingerprint density at radius 2 is 2.03 bits per heavy atom. The number of carbonyl (C=O) groups is 2. The molecule has 164 valence electrons. The normalized spacial score (nSPS) is 14.1. The molecule has 0 atom stereocenters. The van der Waals surface area contributed by atoms with E-state index in [0.717, 1.165) is 25.3 Å². The Morgan fingerprint density at radius 3 is 2.88 bits per heavy atom. The summed E-state index contributed by atoms with van der Waals surface area (Å²) in [5, 5.41) is 6.77. The highest BCUT2D eigenvalue weighted by Gasteiger charge is 2.22. The van der Waals surface area contributed by atoms with E-state index in [1.165, 1.54) is 0 Å². The number of carbonyl (C=O) groups excluding carboxylic acids is 2. The summed E-state index contributed by atoms with van der Waals surface area (Å²) in [6.07, 6.45) is 0. The predicted molar refractivity (Wildman–Crippen MR) is 127 cm³/mol. The summed E-state index contributed by atoms with van der Waals surface area (Å²) >= 11 is 3.22. The highest BCUT2D eigenvalue weighted by Crippen LogP contribution is 2.38. The molecule has 0 radical (unpaired) electrons. The third kappa shape index (κ3) is 4.06. The number of para-hydroxylation sites is 1. The van der Waals surface area contributed by atoms with Crippen LogP contribution in [0, 0.1) is 6.92 Å². The van der Waals surface area contributed by atoms with Gasteiger partial charge in [0, 0.05) is 24.5 Å². The molecule has 3 heterocycles. The van der Waals surface area contributed by atoms with Gasteiger partial charge in [0.05, 0.1) is 44.4 Å². The number of thiazole rings is 1. The van der Waals surface area contributed by atoms with E-state index in [2.05, 4.69) is 10.3 Å². The Labute approximate surface area is 192 Å². The number of hydrogen-bond acceptors (Lipinski definition) is 7. The molecule has 0 bridgehead atoms. The van der Waals surface area contributed by atoms with Crippen LogP contribution >= 0.6 is 22.7 Å². The van der Waals surface area contributed by atoms with Crippen LogP contribution in [0.2, 0.25) is 0 Å². The average molecular weight is 468 g/mol. The summed E-state index contributed by atoms with van der Waals surface area (Å²) in [7, 11) is 0. The fourth-order valence-corrected chi connectivity index (χ4v) is 5.58. The first-order valence-corrected chi connectivity index (χ1v) is 12.0. The van der Waals surface area contributed by atoms with Gasteiger partial charge in [0.1, 0.15) is 5.75 Å². The number of thiophene rings is 1. The quantitative estimate of drug-likeness (QED) is 0.473. The number of fused-ring (bicyclic) bond motifs is 3. The standard InChI is InChI=1S/C23H21N3O4S2/c1-14-24-21-19(32-14)12-18(16-6-11-31-22(16)21)30-13-20(27)25-17-5-3-2-4-15(17)23(28)26-7-9-29-10-8-26/h2-6,11-12H,7-10,13H2,1H3,(H,25,27). The molecule has 1 saturated heterocycles. The van der Waals surface area contributed by atoms with E-state index in [4.69, 9.17) is 9.47 Å². The van der Waals surface area contributed by atoms with E-state index in [1.807, 2.05) is 24.4 Å². The van der Waals surface area contributed by atoms with Crippen LogP contribution in [0.25, 0.3) is 20.3 Å². The average Bonchev–Trinajstić information content (AvgIpc) is 3.44. The lowest BCUT2D eigenvalue weighted by molar-refractivity contribution is -0.118. The maximum Gasteiger partial charge on any atom is 0.262 e. The van der Waals surface area contributed by atoms with Crippen molar-refractivity contribution in [2.24, 2.45) is 0 Å². The highest BCUT2D eigenvalue weighted by atomic mass is 32.1. The van der Waals surface area contributed by atoms with E-state index in [1.54, 1.807) is 51.8 Å². The molecule has 7 nitrogen and oxygen atoms in total. The molecular weight excluding hydrogens is 446 g/mol. The van der Waals surface area contributed by atoms with Crippen LogP contribution in [0.5, 0.6) is 5.75 Å². The van der Waals surface area contributed by atoms with Crippen molar-refractivity contribution < 1.29 is 19.1 Å². The molecule has 2 aromatic carbocycles. The lowest BCUT2D eigenvalue weighted by Crippen LogP contribution is -2.41. The van der Waals surface area contributed by atoms with Crippen LogP contribution in [-0.2, 0) is 9.53 Å². The number of aromatic nitrogens is 1. The Bertz CT molecular complexity index is 1310. The summed E-state index contributed by atoms with van der Waals surface area (Å²) in [6.45, 7) is 3.95. The van der Waals surface area contributed by atoms with Crippen molar-refractivity contribution in [3.8, 4) is 5.75 Å². The fourth-order valence-electron chi connectivity index (χ4n) is 3.75. The summed E-state index contributed by atoms with van der Waals surface area (Å²) in [6, 6.07) is 11.0. The third-order valence-corrected chi connectivity index (χ3v) is 7.10. The van der Waals surface area contributed by atoms with Gasteiger partial charge in [-0.1, -0.05) is 12.1 Å². The largest absolute Gasteiger partial charge is 0.483 e. The van der Waals surface area contributed by atoms with Crippen molar-refractivity contribution in [2.75, 3.05) is 38.2 Å². The van der Waals surface area contributed by atoms with Crippen molar-refractivity contribution in [3.05, 3.63) is 52.3 Å². The van der Waals surface area contributed by atoms with Crippen molar-refractivity contribution in [2.45, 2.75) is 6.92 Å². The summed E-state index contributed by atoms with van der Waals surface area (Å²) in [4.78, 5) is 32.0. The Balaban J connectivity index is 1.32. The van der Waals surface area contributed by atoms with E-state index < -0.39 is 0 Å². The highest BCUT2D eigenvalue weighted by molar-refractivity contribution is 7.21. The minimum Gasteiger partial charge on any atom is -0.483 e. The number of morpholine rings is 1. The van der Waals surface area contributed by atoms with Gasteiger partial charge in [0.2, 0.25) is 0 Å². The van der Waals surface area contributed by atoms with Gasteiger partial charge < -0.3 is 19.7 Å². The number of rotatable bonds is 5. The molecule has 0 aliphatic carbocycles. The maximum absolute atomic E-state index is 12.9. The molecule has 5 rings (SSSR count). The lowest BCUT2D eigenvalue weighted by atomic mass is 10.1. The number of nitrogens with one attached hydrogen (secondary N) is 1. The van der Waals surface area contributed by atoms with Gasteiger partial charge >= 0.3 is 0 Å². The van der Waals surface area contributed by atoms with Crippen LogP contribution in [0.1, 0.15) is 15.4 Å². The first-order chi connectivity index (χ1) is 15.6. The molecule has 4 aromatic rings. The van der Waals surface area contributed by atoms with E-state index >= 15 is 0 Å². The minimum absolute atomic E-state index is 0.115. The van der Waals surface area contributed by atoms with Crippen molar-refractivity contribution in [3.63, 3.8) is 0 Å². The third-order valence-electron chi connectivity index (χ3n) is 5.26. The fraction of sp³-hybridized carbons (Fsp3) is 0.261. The van der Waals surface area contributed by atoms with E-state index in [-0.39, 0.29) is 18.4 Å². The number of benzene rings is 2. The monoisotopic (exact) mass is 467 g/mol. The number of hydrogen-bond donors (Lipinski definition) is 1. The van der Waals surface area contributed by atoms with Gasteiger partial charge in [-0.15, -0.1) is 22.7 Å². The second-order valence-electron chi connectivity index (χ2n) is 7.40. The first-order valence-electron chi connectivity index (χ1n) is 10.3. The molecule has 2 aromatic heterocycles. The molecule has 0 spiro atoms. The topological polar surface area (TPSA) is 80.8 Å². The first kappa shape index (κ1) is 20.9. The van der Waals surface area contributed by atoms with E-state index in [9.17, 15) is 9.59 Å². The van der Waals surface area contributed by atoms with Gasteiger partial charge in [0.15, 0.2) is 6.61 Å². The van der Waals surface area contributed by atoms with Gasteiger partial charge in [0.25, 0.3) is 11.8 Å². The van der Waals surface area contributed by atoms with Gasteiger partial charge in [-0.3, -0.25) is 9.59 Å². The molecule has 1 aliphatic heterocycles. The molecule has 1 N–H and O–H groups in total. The molecule has 1 aliphatic rings. The molecule has 0 unspecified atom stereocenters. The SMILES string of the molecule is Cc1nc2c(cc(OCC(=O)Nc3ccccc3C(=O)N3CCOCC3)c3ccsc32)s1. The number of anilines is 1. The second-order valence-corrected chi connectivity index (χ2v) is 9.56. The number of aryl methyl sites for hydroxylation is 1. The summed E-state index contributed by atoms with van der Waals surface area (Å²) < 4.78 is 13.3. The number of nitrogens with zero attached hydrogens (tertiary/aromatic N) is 2. The predicted octanol–water partition coefficient (Wildman–Crippen LogP) is 4.31. The van der Waals surface area contributed by atoms with E-state index in [0.29, 0.717) is 43.3 Å². The van der Waals surface area contributed by atoms with Crippen LogP contribution in [0.3, 0.4) is 0 Å². The Morgan fingerprint density at radius 1 is 1.22 bits per heavy atom. The summed E-state index contributed by atoms with van der Waals surface area (Å²) in [5.41, 5.74) is 1.92. The van der Waals surface area contributed by atoms with Crippen molar-refractivity contribution in [1.82, 2.24) is 9.88 Å². The number of amides is 2. The van der Waals surface area contributed by atoms with Crippen LogP contribution in [0.4, 0.5) is 5.69 Å². The molecule has 9 heteroatoms. The zero-order valence-corrected chi connectivity index (χ0v) is 19.1. The Hall–Kier alpha value is -3.01. The van der Waals surface area contributed by atoms with Crippen molar-refractivity contribution >= 4 is 60.5 Å². The second kappa shape index (κ2) is 8.85. The minimum atomic E-state index is -0.323. The molecular formula is C23H21N3O4S2. The van der Waals surface area contributed by atoms with Gasteiger partial charge in [-0.05, 0) is 30.5 Å². The van der Waals surface area contributed by atoms with Crippen LogP contribution in [-0.4, -0.2) is 54.6 Å². The van der Waals surface area contributed by atoms with Crippen molar-refractivity contribution in [1.29, 1.82) is 0 Å². The zero-order valence-electron chi connectivity index (χ0n) is 17.4.